The van der Waals surface area contributed by atoms with E-state index in [9.17, 15) is 0 Å². The Morgan fingerprint density at radius 1 is 0.966 bits per heavy atom. The van der Waals surface area contributed by atoms with Crippen molar-refractivity contribution < 1.29 is 18.9 Å². The maximum atomic E-state index is 5.68. The second kappa shape index (κ2) is 13.9. The van der Waals surface area contributed by atoms with E-state index in [1.165, 1.54) is 0 Å². The van der Waals surface area contributed by atoms with Crippen LogP contribution >= 0.6 is 24.0 Å². The van der Waals surface area contributed by atoms with Gasteiger partial charge in [0.2, 0.25) is 5.75 Å². The van der Waals surface area contributed by atoms with Crippen LogP contribution in [0.1, 0.15) is 12.5 Å². The zero-order valence-corrected chi connectivity index (χ0v) is 19.7. The van der Waals surface area contributed by atoms with Gasteiger partial charge in [0.15, 0.2) is 17.5 Å². The van der Waals surface area contributed by atoms with Crippen LogP contribution in [0.4, 0.5) is 5.69 Å². The molecule has 0 aromatic heterocycles. The summed E-state index contributed by atoms with van der Waals surface area (Å²) in [7, 11) is 4.75. The third-order valence-corrected chi connectivity index (χ3v) is 3.89. The number of benzene rings is 2. The Bertz CT molecular complexity index is 732. The van der Waals surface area contributed by atoms with Gasteiger partial charge in [-0.15, -0.1) is 24.0 Å². The fourth-order valence-electron chi connectivity index (χ4n) is 2.58. The minimum absolute atomic E-state index is 0. The lowest BCUT2D eigenvalue weighted by Crippen LogP contribution is -2.31. The van der Waals surface area contributed by atoms with Crippen LogP contribution in [0.2, 0.25) is 0 Å². The van der Waals surface area contributed by atoms with E-state index in [2.05, 4.69) is 15.6 Å². The van der Waals surface area contributed by atoms with E-state index in [0.29, 0.717) is 43.0 Å². The Balaban J connectivity index is 0.00000420. The van der Waals surface area contributed by atoms with Gasteiger partial charge in [-0.25, -0.2) is 0 Å². The predicted molar refractivity (Wildman–Crippen MR) is 127 cm³/mol. The van der Waals surface area contributed by atoms with Gasteiger partial charge >= 0.3 is 0 Å². The second-order valence-electron chi connectivity index (χ2n) is 5.84. The minimum Gasteiger partial charge on any atom is -0.493 e. The number of methoxy groups -OCH3 is 3. The average molecular weight is 515 g/mol. The summed E-state index contributed by atoms with van der Waals surface area (Å²) in [5.74, 6) is 2.35. The standard InChI is InChI=1S/C21H29N3O4.HI/c1-5-22-21(23-11-12-28-15-16-9-7-6-8-10-16)24-17-13-18(25-2)20(27-4)19(14-17)26-3;/h6-10,13-14H,5,11-12,15H2,1-4H3,(H2,22,23,24);1H. The third-order valence-electron chi connectivity index (χ3n) is 3.89. The number of halogens is 1. The Kier molecular flexibility index (Phi) is 11.9. The van der Waals surface area contributed by atoms with E-state index in [-0.39, 0.29) is 24.0 Å². The summed E-state index contributed by atoms with van der Waals surface area (Å²) in [6.45, 7) is 4.39. The van der Waals surface area contributed by atoms with Gasteiger partial charge in [-0.1, -0.05) is 30.3 Å². The highest BCUT2D eigenvalue weighted by Gasteiger charge is 2.13. The molecule has 2 rings (SSSR count). The summed E-state index contributed by atoms with van der Waals surface area (Å²) in [6, 6.07) is 13.7. The maximum absolute atomic E-state index is 5.68. The van der Waals surface area contributed by atoms with Crippen molar-refractivity contribution >= 4 is 35.6 Å². The molecule has 2 aromatic carbocycles. The number of nitrogens with one attached hydrogen (secondary N) is 2. The quantitative estimate of drug-likeness (QED) is 0.216. The highest BCUT2D eigenvalue weighted by molar-refractivity contribution is 14.0. The molecule has 7 nitrogen and oxygen atoms in total. The van der Waals surface area contributed by atoms with Crippen LogP contribution in [0, 0.1) is 0 Å². The van der Waals surface area contributed by atoms with Crippen LogP contribution in [-0.2, 0) is 11.3 Å². The van der Waals surface area contributed by atoms with E-state index in [1.807, 2.05) is 49.4 Å². The van der Waals surface area contributed by atoms with Gasteiger partial charge in [0, 0.05) is 24.4 Å². The molecule has 8 heteroatoms. The van der Waals surface area contributed by atoms with Gasteiger partial charge < -0.3 is 29.6 Å². The Hall–Kier alpha value is -2.20. The molecule has 29 heavy (non-hydrogen) atoms. The number of nitrogens with zero attached hydrogens (tertiary/aromatic N) is 1. The van der Waals surface area contributed by atoms with E-state index in [4.69, 9.17) is 18.9 Å². The predicted octanol–water partition coefficient (Wildman–Crippen LogP) is 3.92. The first-order valence-electron chi connectivity index (χ1n) is 9.18. The third kappa shape index (κ3) is 7.98. The molecule has 0 saturated carbocycles. The number of rotatable bonds is 10. The molecule has 0 aliphatic carbocycles. The highest BCUT2D eigenvalue weighted by atomic mass is 127. The Labute approximate surface area is 189 Å². The molecule has 2 aromatic rings. The molecule has 0 aliphatic heterocycles. The molecular weight excluding hydrogens is 485 g/mol. The first kappa shape index (κ1) is 24.8. The van der Waals surface area contributed by atoms with Crippen LogP contribution < -0.4 is 24.8 Å². The molecule has 0 bridgehead atoms. The molecule has 0 amide bonds. The van der Waals surface area contributed by atoms with E-state index in [0.717, 1.165) is 17.8 Å². The maximum Gasteiger partial charge on any atom is 0.203 e. The molecular formula is C21H30IN3O4. The molecule has 160 valence electrons. The SMILES string of the molecule is CCNC(=NCCOCc1ccccc1)Nc1cc(OC)c(OC)c(OC)c1.I. The molecule has 0 atom stereocenters. The smallest absolute Gasteiger partial charge is 0.203 e. The van der Waals surface area contributed by atoms with E-state index in [1.54, 1.807) is 21.3 Å². The summed E-state index contributed by atoms with van der Waals surface area (Å²) in [5.41, 5.74) is 1.92. The van der Waals surface area contributed by atoms with Crippen LogP contribution in [0.5, 0.6) is 17.2 Å². The molecule has 0 aliphatic rings. The number of hydrogen-bond donors (Lipinski definition) is 2. The van der Waals surface area contributed by atoms with Gasteiger partial charge in [-0.3, -0.25) is 4.99 Å². The average Bonchev–Trinajstić information content (AvgIpc) is 2.73. The number of hydrogen-bond acceptors (Lipinski definition) is 5. The zero-order valence-electron chi connectivity index (χ0n) is 17.4. The Morgan fingerprint density at radius 2 is 1.62 bits per heavy atom. The van der Waals surface area contributed by atoms with Crippen LogP contribution in [0.3, 0.4) is 0 Å². The van der Waals surface area contributed by atoms with Gasteiger partial charge in [0.05, 0.1) is 41.1 Å². The van der Waals surface area contributed by atoms with Crippen molar-refractivity contribution in [3.05, 3.63) is 48.0 Å². The summed E-state index contributed by atoms with van der Waals surface area (Å²) in [5, 5.41) is 6.47. The molecule has 0 heterocycles. The first-order valence-corrected chi connectivity index (χ1v) is 9.18. The number of guanidine groups is 1. The number of ether oxygens (including phenoxy) is 4. The molecule has 0 saturated heterocycles. The molecule has 0 radical (unpaired) electrons. The lowest BCUT2D eigenvalue weighted by molar-refractivity contribution is 0.128. The van der Waals surface area contributed by atoms with Crippen LogP contribution in [-0.4, -0.2) is 47.0 Å². The van der Waals surface area contributed by atoms with Crippen molar-refractivity contribution in [2.24, 2.45) is 4.99 Å². The highest BCUT2D eigenvalue weighted by Crippen LogP contribution is 2.39. The molecule has 2 N–H and O–H groups in total. The normalized spacial score (nSPS) is 10.7. The van der Waals surface area contributed by atoms with Crippen molar-refractivity contribution in [3.63, 3.8) is 0 Å². The van der Waals surface area contributed by atoms with Gasteiger partial charge in [-0.05, 0) is 12.5 Å². The van der Waals surface area contributed by atoms with Crippen molar-refractivity contribution in [1.82, 2.24) is 5.32 Å². The van der Waals surface area contributed by atoms with Crippen LogP contribution in [0.25, 0.3) is 0 Å². The van der Waals surface area contributed by atoms with Crippen LogP contribution in [0.15, 0.2) is 47.5 Å². The number of anilines is 1. The van der Waals surface area contributed by atoms with Crippen molar-refractivity contribution in [3.8, 4) is 17.2 Å². The van der Waals surface area contributed by atoms with E-state index >= 15 is 0 Å². The zero-order chi connectivity index (χ0) is 20.2. The summed E-state index contributed by atoms with van der Waals surface area (Å²) in [6.07, 6.45) is 0. The van der Waals surface area contributed by atoms with Gasteiger partial charge in [-0.2, -0.15) is 0 Å². The summed E-state index contributed by atoms with van der Waals surface area (Å²) < 4.78 is 21.8. The molecule has 0 fully saturated rings. The first-order chi connectivity index (χ1) is 13.7. The molecule has 0 spiro atoms. The Morgan fingerprint density at radius 3 is 2.17 bits per heavy atom. The second-order valence-corrected chi connectivity index (χ2v) is 5.84. The van der Waals surface area contributed by atoms with Crippen molar-refractivity contribution in [2.75, 3.05) is 46.3 Å². The lowest BCUT2D eigenvalue weighted by atomic mass is 10.2. The fourth-order valence-corrected chi connectivity index (χ4v) is 2.58. The van der Waals surface area contributed by atoms with Gasteiger partial charge in [0.1, 0.15) is 0 Å². The largest absolute Gasteiger partial charge is 0.493 e. The topological polar surface area (TPSA) is 73.3 Å². The number of aliphatic imine (C=N–C) groups is 1. The molecule has 0 unspecified atom stereocenters. The summed E-state index contributed by atoms with van der Waals surface area (Å²) in [4.78, 5) is 4.55. The van der Waals surface area contributed by atoms with Crippen molar-refractivity contribution in [2.45, 2.75) is 13.5 Å². The van der Waals surface area contributed by atoms with Gasteiger partial charge in [0.25, 0.3) is 0 Å². The summed E-state index contributed by atoms with van der Waals surface area (Å²) >= 11 is 0. The minimum atomic E-state index is 0. The fraction of sp³-hybridized carbons (Fsp3) is 0.381. The monoisotopic (exact) mass is 515 g/mol. The van der Waals surface area contributed by atoms with Crippen molar-refractivity contribution in [1.29, 1.82) is 0 Å². The lowest BCUT2D eigenvalue weighted by Gasteiger charge is -2.16. The van der Waals surface area contributed by atoms with E-state index < -0.39 is 0 Å².